The molecule has 4 nitrogen and oxygen atoms in total. The van der Waals surface area contributed by atoms with E-state index in [0.29, 0.717) is 5.88 Å². The summed E-state index contributed by atoms with van der Waals surface area (Å²) in [4.78, 5) is 21.0. The summed E-state index contributed by atoms with van der Waals surface area (Å²) in [5, 5.41) is 0.857. The highest BCUT2D eigenvalue weighted by Gasteiger charge is 2.33. The summed E-state index contributed by atoms with van der Waals surface area (Å²) in [6.45, 7) is 7.00. The number of carbonyl (C=O) groups excluding carboxylic acids is 1. The Morgan fingerprint density at radius 2 is 2.00 bits per heavy atom. The Morgan fingerprint density at radius 3 is 2.62 bits per heavy atom. The summed E-state index contributed by atoms with van der Waals surface area (Å²) in [5.41, 5.74) is 0.938. The van der Waals surface area contributed by atoms with Crippen LogP contribution < -0.4 is 4.90 Å². The lowest BCUT2D eigenvalue weighted by Crippen LogP contribution is -2.53. The zero-order valence-electron chi connectivity index (χ0n) is 13.0. The van der Waals surface area contributed by atoms with Gasteiger partial charge in [0.2, 0.25) is 0 Å². The summed E-state index contributed by atoms with van der Waals surface area (Å²) < 4.78 is 0. The monoisotopic (exact) mass is 305 g/mol. The number of hydrogen-bond acceptors (Lipinski definition) is 3. The fourth-order valence-electron chi connectivity index (χ4n) is 2.15. The molecule has 0 radical (unpaired) electrons. The van der Waals surface area contributed by atoms with Crippen molar-refractivity contribution in [3.63, 3.8) is 0 Å². The third-order valence-electron chi connectivity index (χ3n) is 3.31. The molecule has 1 aromatic carbocycles. The van der Waals surface area contributed by atoms with Crippen LogP contribution in [0.2, 0.25) is 0 Å². The standard InChI is InChI=1S/C16H23N3OS/c1-4-5-11-17-15-19(13(2)3)16(20)18(12-21-15)14-9-7-6-8-10-14/h6-10,13H,4-5,11-12H2,1-3H3. The first-order valence-corrected chi connectivity index (χ1v) is 8.46. The molecule has 0 aromatic heterocycles. The first-order valence-electron chi connectivity index (χ1n) is 7.48. The summed E-state index contributed by atoms with van der Waals surface area (Å²) in [7, 11) is 0. The summed E-state index contributed by atoms with van der Waals surface area (Å²) in [6.07, 6.45) is 2.18. The number of hydrogen-bond donors (Lipinski definition) is 0. The van der Waals surface area contributed by atoms with Crippen molar-refractivity contribution < 1.29 is 4.79 Å². The van der Waals surface area contributed by atoms with E-state index >= 15 is 0 Å². The zero-order valence-corrected chi connectivity index (χ0v) is 13.8. The highest BCUT2D eigenvalue weighted by atomic mass is 32.2. The van der Waals surface area contributed by atoms with E-state index in [1.807, 2.05) is 49.1 Å². The van der Waals surface area contributed by atoms with Gasteiger partial charge in [0, 0.05) is 18.3 Å². The molecule has 2 rings (SSSR count). The second-order valence-corrected chi connectivity index (χ2v) is 6.21. The molecule has 1 aromatic rings. The van der Waals surface area contributed by atoms with Gasteiger partial charge < -0.3 is 0 Å². The van der Waals surface area contributed by atoms with E-state index in [-0.39, 0.29) is 12.1 Å². The van der Waals surface area contributed by atoms with Crippen LogP contribution in [0.3, 0.4) is 0 Å². The lowest BCUT2D eigenvalue weighted by molar-refractivity contribution is 0.220. The SMILES string of the molecule is CCCCN=C1SCN(c2ccccc2)C(=O)N1C(C)C. The minimum atomic E-state index is 0.0187. The first kappa shape index (κ1) is 15.9. The molecule has 1 aliphatic heterocycles. The molecular weight excluding hydrogens is 282 g/mol. The van der Waals surface area contributed by atoms with Crippen molar-refractivity contribution in [1.29, 1.82) is 0 Å². The van der Waals surface area contributed by atoms with Gasteiger partial charge in [-0.1, -0.05) is 43.3 Å². The molecule has 21 heavy (non-hydrogen) atoms. The van der Waals surface area contributed by atoms with Gasteiger partial charge in [0.15, 0.2) is 5.17 Å². The highest BCUT2D eigenvalue weighted by molar-refractivity contribution is 8.14. The van der Waals surface area contributed by atoms with Crippen molar-refractivity contribution in [1.82, 2.24) is 4.90 Å². The molecule has 0 aliphatic carbocycles. The third-order valence-corrected chi connectivity index (χ3v) is 4.28. The number of amides is 2. The van der Waals surface area contributed by atoms with Gasteiger partial charge in [-0.2, -0.15) is 0 Å². The van der Waals surface area contributed by atoms with Crippen molar-refractivity contribution in [2.75, 3.05) is 17.3 Å². The molecule has 0 atom stereocenters. The Labute approximate surface area is 131 Å². The van der Waals surface area contributed by atoms with Crippen LogP contribution in [0.25, 0.3) is 0 Å². The van der Waals surface area contributed by atoms with Crippen molar-refractivity contribution in [2.24, 2.45) is 4.99 Å². The predicted molar refractivity (Wildman–Crippen MR) is 91.0 cm³/mol. The maximum absolute atomic E-state index is 12.8. The maximum atomic E-state index is 12.8. The van der Waals surface area contributed by atoms with Gasteiger partial charge in [-0.15, -0.1) is 0 Å². The van der Waals surface area contributed by atoms with Crippen LogP contribution in [0.5, 0.6) is 0 Å². The van der Waals surface area contributed by atoms with Gasteiger partial charge in [0.25, 0.3) is 0 Å². The van der Waals surface area contributed by atoms with E-state index in [1.165, 1.54) is 0 Å². The molecule has 1 saturated heterocycles. The molecule has 0 saturated carbocycles. The van der Waals surface area contributed by atoms with Crippen LogP contribution in [0.4, 0.5) is 10.5 Å². The Balaban J connectivity index is 2.19. The number of aliphatic imine (C=N–C) groups is 1. The fourth-order valence-corrected chi connectivity index (χ4v) is 3.26. The number of rotatable bonds is 5. The summed E-state index contributed by atoms with van der Waals surface area (Å²) in [5.74, 6) is 0.622. The molecule has 0 spiro atoms. The van der Waals surface area contributed by atoms with Crippen LogP contribution in [-0.2, 0) is 0 Å². The Bertz CT molecular complexity index is 502. The third kappa shape index (κ3) is 3.79. The molecule has 0 bridgehead atoms. The van der Waals surface area contributed by atoms with Crippen molar-refractivity contribution in [2.45, 2.75) is 39.7 Å². The number of unbranched alkanes of at least 4 members (excludes halogenated alkanes) is 1. The molecule has 0 N–H and O–H groups in total. The Hall–Kier alpha value is -1.49. The minimum absolute atomic E-state index is 0.0187. The molecule has 0 unspecified atom stereocenters. The second kappa shape index (κ2) is 7.50. The largest absolute Gasteiger partial charge is 0.331 e. The molecule has 1 heterocycles. The van der Waals surface area contributed by atoms with Gasteiger partial charge in [0.05, 0.1) is 5.88 Å². The number of para-hydroxylation sites is 1. The molecule has 1 fully saturated rings. The number of nitrogens with zero attached hydrogens (tertiary/aromatic N) is 3. The average Bonchev–Trinajstić information content (AvgIpc) is 2.48. The fraction of sp³-hybridized carbons (Fsp3) is 0.500. The smallest absolute Gasteiger partial charge is 0.284 e. The number of anilines is 1. The zero-order chi connectivity index (χ0) is 15.2. The van der Waals surface area contributed by atoms with E-state index in [2.05, 4.69) is 11.9 Å². The van der Waals surface area contributed by atoms with E-state index in [1.54, 1.807) is 16.7 Å². The van der Waals surface area contributed by atoms with Gasteiger partial charge >= 0.3 is 6.03 Å². The molecule has 2 amide bonds. The predicted octanol–water partition coefficient (Wildman–Crippen LogP) is 4.18. The number of carbonyl (C=O) groups is 1. The topological polar surface area (TPSA) is 35.9 Å². The minimum Gasteiger partial charge on any atom is -0.284 e. The van der Waals surface area contributed by atoms with Crippen molar-refractivity contribution in [3.8, 4) is 0 Å². The van der Waals surface area contributed by atoms with Gasteiger partial charge in [-0.3, -0.25) is 14.8 Å². The van der Waals surface area contributed by atoms with E-state index in [4.69, 9.17) is 0 Å². The number of amidine groups is 1. The summed E-state index contributed by atoms with van der Waals surface area (Å²) in [6, 6.07) is 9.94. The van der Waals surface area contributed by atoms with Crippen molar-refractivity contribution in [3.05, 3.63) is 30.3 Å². The van der Waals surface area contributed by atoms with Crippen LogP contribution >= 0.6 is 11.8 Å². The quantitative estimate of drug-likeness (QED) is 0.765. The van der Waals surface area contributed by atoms with Crippen LogP contribution in [0.15, 0.2) is 35.3 Å². The molecule has 1 aliphatic rings. The van der Waals surface area contributed by atoms with Gasteiger partial charge in [-0.25, -0.2) is 4.79 Å². The molecular formula is C16H23N3OS. The highest BCUT2D eigenvalue weighted by Crippen LogP contribution is 2.27. The maximum Gasteiger partial charge on any atom is 0.331 e. The van der Waals surface area contributed by atoms with E-state index in [9.17, 15) is 4.79 Å². The van der Waals surface area contributed by atoms with Gasteiger partial charge in [0.1, 0.15) is 0 Å². The average molecular weight is 305 g/mol. The number of thioether (sulfide) groups is 1. The Morgan fingerprint density at radius 1 is 1.29 bits per heavy atom. The van der Waals surface area contributed by atoms with Crippen molar-refractivity contribution >= 4 is 28.6 Å². The van der Waals surface area contributed by atoms with Gasteiger partial charge in [-0.05, 0) is 32.4 Å². The first-order chi connectivity index (χ1) is 10.1. The lowest BCUT2D eigenvalue weighted by Gasteiger charge is -2.38. The van der Waals surface area contributed by atoms with E-state index < -0.39 is 0 Å². The normalized spacial score (nSPS) is 17.9. The number of urea groups is 1. The van der Waals surface area contributed by atoms with Crippen LogP contribution in [0.1, 0.15) is 33.6 Å². The molecule has 114 valence electrons. The Kier molecular flexibility index (Phi) is 5.67. The number of benzene rings is 1. The molecule has 5 heteroatoms. The van der Waals surface area contributed by atoms with Crippen LogP contribution in [-0.4, -0.2) is 34.6 Å². The summed E-state index contributed by atoms with van der Waals surface area (Å²) >= 11 is 1.64. The lowest BCUT2D eigenvalue weighted by atomic mass is 10.3. The second-order valence-electron chi connectivity index (χ2n) is 5.30. The van der Waals surface area contributed by atoms with Crippen LogP contribution in [0, 0.1) is 0 Å². The van der Waals surface area contributed by atoms with E-state index in [0.717, 1.165) is 30.2 Å².